The lowest BCUT2D eigenvalue weighted by Gasteiger charge is -2.11. The summed E-state index contributed by atoms with van der Waals surface area (Å²) in [7, 11) is 0. The lowest BCUT2D eigenvalue weighted by molar-refractivity contribution is 0.174. The zero-order valence-corrected chi connectivity index (χ0v) is 13.6. The summed E-state index contributed by atoms with van der Waals surface area (Å²) in [6.45, 7) is 1.32. The molecule has 0 aliphatic heterocycles. The second-order valence-corrected chi connectivity index (χ2v) is 7.20. The second-order valence-electron chi connectivity index (χ2n) is 3.89. The number of halogens is 2. The third kappa shape index (κ3) is 3.90. The van der Waals surface area contributed by atoms with Crippen LogP contribution in [0.3, 0.4) is 0 Å². The van der Waals surface area contributed by atoms with E-state index in [4.69, 9.17) is 0 Å². The van der Waals surface area contributed by atoms with Gasteiger partial charge in [-0.05, 0) is 43.5 Å². The summed E-state index contributed by atoms with van der Waals surface area (Å²) in [5, 5.41) is 13.2. The molecule has 1 heterocycles. The summed E-state index contributed by atoms with van der Waals surface area (Å²) in [5.74, 6) is 0. The van der Waals surface area contributed by atoms with E-state index < -0.39 is 6.10 Å². The van der Waals surface area contributed by atoms with Crippen molar-refractivity contribution < 1.29 is 5.11 Å². The molecule has 1 aromatic heterocycles. The van der Waals surface area contributed by atoms with Gasteiger partial charge in [0.2, 0.25) is 0 Å². The van der Waals surface area contributed by atoms with Gasteiger partial charge in [-0.3, -0.25) is 0 Å². The molecule has 0 saturated carbocycles. The zero-order chi connectivity index (χ0) is 13.0. The second kappa shape index (κ2) is 6.82. The molecule has 0 fully saturated rings. The van der Waals surface area contributed by atoms with E-state index in [9.17, 15) is 5.11 Å². The standard InChI is InChI=1S/C13H13Br2NOS/c14-11-6-10(18-13(11)15)7-16-8-12(17)9-4-2-1-3-5-9/h1-6,12,16-17H,7-8H2. The van der Waals surface area contributed by atoms with Crippen LogP contribution in [0.15, 0.2) is 44.7 Å². The molecule has 2 nitrogen and oxygen atoms in total. The number of hydrogen-bond acceptors (Lipinski definition) is 3. The Morgan fingerprint density at radius 1 is 1.22 bits per heavy atom. The topological polar surface area (TPSA) is 32.3 Å². The highest BCUT2D eigenvalue weighted by atomic mass is 79.9. The first-order valence-electron chi connectivity index (χ1n) is 5.54. The van der Waals surface area contributed by atoms with E-state index in [1.165, 1.54) is 4.88 Å². The van der Waals surface area contributed by atoms with Crippen molar-refractivity contribution in [3.8, 4) is 0 Å². The van der Waals surface area contributed by atoms with Crippen molar-refractivity contribution >= 4 is 43.2 Å². The van der Waals surface area contributed by atoms with Gasteiger partial charge in [0, 0.05) is 22.4 Å². The minimum Gasteiger partial charge on any atom is -0.387 e. The molecule has 2 aromatic rings. The number of rotatable bonds is 5. The predicted octanol–water partition coefficient (Wildman–Crippen LogP) is 4.10. The van der Waals surface area contributed by atoms with Crippen LogP contribution < -0.4 is 5.32 Å². The van der Waals surface area contributed by atoms with Gasteiger partial charge in [0.05, 0.1) is 9.89 Å². The number of nitrogens with one attached hydrogen (secondary N) is 1. The monoisotopic (exact) mass is 389 g/mol. The van der Waals surface area contributed by atoms with Crippen molar-refractivity contribution in [3.63, 3.8) is 0 Å². The Labute approximate surface area is 127 Å². The van der Waals surface area contributed by atoms with Crippen LogP contribution in [0.4, 0.5) is 0 Å². The Bertz CT molecular complexity index is 481. The van der Waals surface area contributed by atoms with Gasteiger partial charge in [0.15, 0.2) is 0 Å². The molecule has 0 saturated heterocycles. The Morgan fingerprint density at radius 3 is 2.56 bits per heavy atom. The third-order valence-electron chi connectivity index (χ3n) is 2.52. The maximum Gasteiger partial charge on any atom is 0.0914 e. The molecule has 0 bridgehead atoms. The van der Waals surface area contributed by atoms with Gasteiger partial charge < -0.3 is 10.4 Å². The quantitative estimate of drug-likeness (QED) is 0.805. The number of thiophene rings is 1. The average molecular weight is 391 g/mol. The molecular weight excluding hydrogens is 378 g/mol. The van der Waals surface area contributed by atoms with E-state index in [1.807, 2.05) is 30.3 Å². The van der Waals surface area contributed by atoms with Crippen molar-refractivity contribution in [2.75, 3.05) is 6.54 Å². The van der Waals surface area contributed by atoms with E-state index in [2.05, 4.69) is 43.2 Å². The highest BCUT2D eigenvalue weighted by Crippen LogP contribution is 2.32. The highest BCUT2D eigenvalue weighted by Gasteiger charge is 2.07. The summed E-state index contributed by atoms with van der Waals surface area (Å²) in [5.41, 5.74) is 0.943. The van der Waals surface area contributed by atoms with Crippen molar-refractivity contribution in [1.29, 1.82) is 0 Å². The first kappa shape index (κ1) is 14.2. The van der Waals surface area contributed by atoms with Crippen molar-refractivity contribution in [2.45, 2.75) is 12.6 Å². The summed E-state index contributed by atoms with van der Waals surface area (Å²) < 4.78 is 2.18. The molecule has 0 amide bonds. The van der Waals surface area contributed by atoms with Crippen LogP contribution in [0.5, 0.6) is 0 Å². The van der Waals surface area contributed by atoms with Crippen LogP contribution in [0.2, 0.25) is 0 Å². The van der Waals surface area contributed by atoms with Crippen LogP contribution in [-0.4, -0.2) is 11.7 Å². The molecule has 0 spiro atoms. The summed E-state index contributed by atoms with van der Waals surface area (Å²) in [6, 6.07) is 11.8. The number of benzene rings is 1. The molecule has 0 radical (unpaired) electrons. The summed E-state index contributed by atoms with van der Waals surface area (Å²) in [4.78, 5) is 1.23. The molecule has 1 atom stereocenters. The molecular formula is C13H13Br2NOS. The molecule has 18 heavy (non-hydrogen) atoms. The fourth-order valence-electron chi connectivity index (χ4n) is 1.60. The van der Waals surface area contributed by atoms with Crippen molar-refractivity contribution in [3.05, 3.63) is 55.1 Å². The fourth-order valence-corrected chi connectivity index (χ4v) is 3.75. The predicted molar refractivity (Wildman–Crippen MR) is 82.8 cm³/mol. The summed E-state index contributed by atoms with van der Waals surface area (Å²) in [6.07, 6.45) is -0.460. The van der Waals surface area contributed by atoms with E-state index in [0.717, 1.165) is 20.4 Å². The van der Waals surface area contributed by atoms with Crippen molar-refractivity contribution in [2.24, 2.45) is 0 Å². The number of aliphatic hydroxyl groups is 1. The molecule has 2 N–H and O–H groups in total. The van der Waals surface area contributed by atoms with Gasteiger partial charge in [-0.25, -0.2) is 0 Å². The fraction of sp³-hybridized carbons (Fsp3) is 0.231. The lowest BCUT2D eigenvalue weighted by atomic mass is 10.1. The zero-order valence-electron chi connectivity index (χ0n) is 9.57. The maximum absolute atomic E-state index is 9.98. The van der Waals surface area contributed by atoms with Crippen LogP contribution in [-0.2, 0) is 6.54 Å². The molecule has 96 valence electrons. The molecule has 1 unspecified atom stereocenters. The number of hydrogen-bond donors (Lipinski definition) is 2. The Kier molecular flexibility index (Phi) is 5.38. The van der Waals surface area contributed by atoms with E-state index in [0.29, 0.717) is 6.54 Å². The van der Waals surface area contributed by atoms with Gasteiger partial charge in [0.1, 0.15) is 0 Å². The maximum atomic E-state index is 9.98. The van der Waals surface area contributed by atoms with Gasteiger partial charge in [-0.15, -0.1) is 11.3 Å². The SMILES string of the molecule is OC(CNCc1cc(Br)c(Br)s1)c1ccccc1. The largest absolute Gasteiger partial charge is 0.387 e. The van der Waals surface area contributed by atoms with Gasteiger partial charge >= 0.3 is 0 Å². The number of aliphatic hydroxyl groups excluding tert-OH is 1. The van der Waals surface area contributed by atoms with Crippen LogP contribution in [0, 0.1) is 0 Å². The minimum absolute atomic E-state index is 0.460. The molecule has 2 rings (SSSR count). The first-order chi connectivity index (χ1) is 8.66. The van der Waals surface area contributed by atoms with Crippen LogP contribution >= 0.6 is 43.2 Å². The third-order valence-corrected chi connectivity index (χ3v) is 5.77. The molecule has 1 aromatic carbocycles. The Hall–Kier alpha value is -0.200. The Balaban J connectivity index is 1.82. The smallest absolute Gasteiger partial charge is 0.0914 e. The van der Waals surface area contributed by atoms with Gasteiger partial charge in [0.25, 0.3) is 0 Å². The van der Waals surface area contributed by atoms with E-state index in [-0.39, 0.29) is 0 Å². The van der Waals surface area contributed by atoms with E-state index in [1.54, 1.807) is 11.3 Å². The highest BCUT2D eigenvalue weighted by molar-refractivity contribution is 9.13. The van der Waals surface area contributed by atoms with E-state index >= 15 is 0 Å². The minimum atomic E-state index is -0.460. The molecule has 0 aliphatic carbocycles. The normalized spacial score (nSPS) is 12.6. The van der Waals surface area contributed by atoms with Crippen molar-refractivity contribution in [1.82, 2.24) is 5.32 Å². The van der Waals surface area contributed by atoms with Gasteiger partial charge in [-0.1, -0.05) is 30.3 Å². The molecule has 0 aliphatic rings. The summed E-state index contributed by atoms with van der Waals surface area (Å²) >= 11 is 8.62. The first-order valence-corrected chi connectivity index (χ1v) is 7.94. The van der Waals surface area contributed by atoms with Gasteiger partial charge in [-0.2, -0.15) is 0 Å². The Morgan fingerprint density at radius 2 is 1.94 bits per heavy atom. The molecule has 5 heteroatoms. The lowest BCUT2D eigenvalue weighted by Crippen LogP contribution is -2.20. The van der Waals surface area contributed by atoms with Crippen LogP contribution in [0.25, 0.3) is 0 Å². The average Bonchev–Trinajstić information content (AvgIpc) is 2.69. The van der Waals surface area contributed by atoms with Crippen LogP contribution in [0.1, 0.15) is 16.5 Å².